The van der Waals surface area contributed by atoms with E-state index >= 15 is 0 Å². The number of amides is 3. The number of rotatable bonds is 7. The Morgan fingerprint density at radius 1 is 1.03 bits per heavy atom. The Kier molecular flexibility index (Phi) is 7.02. The zero-order valence-corrected chi connectivity index (χ0v) is 18.9. The standard InChI is InChI=1S/C21H33N3O5S/c1-15(2)14-18(24-19(25)16-6-4-5-7-17(16)20(24)26)21(27)23-10-8-22(9-11-23)12-13-30(3,28)29/h4-5,15-18H,6-14H2,1-3H3. The second kappa shape index (κ2) is 9.18. The lowest BCUT2D eigenvalue weighted by atomic mass is 9.85. The van der Waals surface area contributed by atoms with E-state index < -0.39 is 15.9 Å². The largest absolute Gasteiger partial charge is 0.338 e. The second-order valence-electron chi connectivity index (χ2n) is 9.14. The monoisotopic (exact) mass is 439 g/mol. The maximum atomic E-state index is 13.4. The molecule has 3 amide bonds. The average molecular weight is 440 g/mol. The van der Waals surface area contributed by atoms with Gasteiger partial charge in [-0.05, 0) is 25.2 Å². The number of hydrogen-bond acceptors (Lipinski definition) is 6. The van der Waals surface area contributed by atoms with E-state index in [4.69, 9.17) is 0 Å². The lowest BCUT2D eigenvalue weighted by Gasteiger charge is -2.38. The van der Waals surface area contributed by atoms with Crippen molar-refractivity contribution < 1.29 is 22.8 Å². The molecule has 3 aliphatic rings. The van der Waals surface area contributed by atoms with Crippen molar-refractivity contribution in [2.75, 3.05) is 44.7 Å². The highest BCUT2D eigenvalue weighted by Gasteiger charge is 2.51. The van der Waals surface area contributed by atoms with Crippen LogP contribution in [0.15, 0.2) is 12.2 Å². The summed E-state index contributed by atoms with van der Waals surface area (Å²) < 4.78 is 22.8. The second-order valence-corrected chi connectivity index (χ2v) is 11.4. The predicted octanol–water partition coefficient (Wildman–Crippen LogP) is 0.541. The molecule has 0 N–H and O–H groups in total. The van der Waals surface area contributed by atoms with Gasteiger partial charge in [0.15, 0.2) is 0 Å². The minimum Gasteiger partial charge on any atom is -0.338 e. The summed E-state index contributed by atoms with van der Waals surface area (Å²) >= 11 is 0. The molecule has 30 heavy (non-hydrogen) atoms. The van der Waals surface area contributed by atoms with Crippen LogP contribution in [0.1, 0.15) is 33.1 Å². The molecule has 0 saturated carbocycles. The summed E-state index contributed by atoms with van der Waals surface area (Å²) in [6.45, 7) is 6.56. The van der Waals surface area contributed by atoms with E-state index in [-0.39, 0.29) is 41.2 Å². The van der Waals surface area contributed by atoms with Crippen molar-refractivity contribution in [3.05, 3.63) is 12.2 Å². The van der Waals surface area contributed by atoms with Crippen molar-refractivity contribution in [1.29, 1.82) is 0 Å². The summed E-state index contributed by atoms with van der Waals surface area (Å²) in [4.78, 5) is 44.5. The van der Waals surface area contributed by atoms with Gasteiger partial charge >= 0.3 is 0 Å². The van der Waals surface area contributed by atoms with E-state index in [0.29, 0.717) is 52.0 Å². The molecule has 0 aromatic carbocycles. The Hall–Kier alpha value is -1.74. The number of allylic oxidation sites excluding steroid dienone is 2. The first-order chi connectivity index (χ1) is 14.1. The summed E-state index contributed by atoms with van der Waals surface area (Å²) in [5.74, 6) is -0.989. The van der Waals surface area contributed by atoms with Crippen LogP contribution < -0.4 is 0 Å². The molecule has 2 aliphatic heterocycles. The van der Waals surface area contributed by atoms with Gasteiger partial charge < -0.3 is 4.90 Å². The minimum absolute atomic E-state index is 0.102. The van der Waals surface area contributed by atoms with Crippen LogP contribution >= 0.6 is 0 Å². The molecule has 1 aliphatic carbocycles. The smallest absolute Gasteiger partial charge is 0.245 e. The van der Waals surface area contributed by atoms with Crippen molar-refractivity contribution in [1.82, 2.24) is 14.7 Å². The highest BCUT2D eigenvalue weighted by Crippen LogP contribution is 2.37. The topological polar surface area (TPSA) is 95.1 Å². The van der Waals surface area contributed by atoms with E-state index in [2.05, 4.69) is 0 Å². The van der Waals surface area contributed by atoms with Crippen molar-refractivity contribution in [2.24, 2.45) is 17.8 Å². The SMILES string of the molecule is CC(C)CC(C(=O)N1CCN(CCS(C)(=O)=O)CC1)N1C(=O)C2CC=CCC2C1=O. The molecular formula is C21H33N3O5S. The maximum absolute atomic E-state index is 13.4. The lowest BCUT2D eigenvalue weighted by Crippen LogP contribution is -2.56. The van der Waals surface area contributed by atoms with Gasteiger partial charge in [0.25, 0.3) is 0 Å². The third-order valence-corrected chi connectivity index (χ3v) is 7.22. The van der Waals surface area contributed by atoms with Crippen molar-refractivity contribution >= 4 is 27.6 Å². The molecule has 3 rings (SSSR count). The molecule has 2 heterocycles. The van der Waals surface area contributed by atoms with Crippen molar-refractivity contribution in [3.63, 3.8) is 0 Å². The third-order valence-electron chi connectivity index (χ3n) is 6.30. The normalized spacial score (nSPS) is 26.4. The van der Waals surface area contributed by atoms with E-state index in [1.807, 2.05) is 30.9 Å². The van der Waals surface area contributed by atoms with Crippen LogP contribution in [0.5, 0.6) is 0 Å². The summed E-state index contributed by atoms with van der Waals surface area (Å²) in [6.07, 6.45) is 6.70. The van der Waals surface area contributed by atoms with Gasteiger partial charge in [-0.25, -0.2) is 8.42 Å². The summed E-state index contributed by atoms with van der Waals surface area (Å²) in [7, 11) is -3.02. The molecule has 0 spiro atoms. The quantitative estimate of drug-likeness (QED) is 0.425. The van der Waals surface area contributed by atoms with Gasteiger partial charge in [-0.3, -0.25) is 24.2 Å². The van der Waals surface area contributed by atoms with Crippen LogP contribution in [0, 0.1) is 17.8 Å². The zero-order valence-electron chi connectivity index (χ0n) is 18.1. The van der Waals surface area contributed by atoms with Gasteiger partial charge in [-0.15, -0.1) is 0 Å². The maximum Gasteiger partial charge on any atom is 0.245 e. The number of hydrogen-bond donors (Lipinski definition) is 0. The molecule has 8 nitrogen and oxygen atoms in total. The highest BCUT2D eigenvalue weighted by molar-refractivity contribution is 7.90. The number of nitrogens with zero attached hydrogens (tertiary/aromatic N) is 3. The Balaban J connectivity index is 1.68. The molecule has 0 radical (unpaired) electrons. The van der Waals surface area contributed by atoms with Crippen LogP contribution in [0.3, 0.4) is 0 Å². The molecule has 2 saturated heterocycles. The fourth-order valence-electron chi connectivity index (χ4n) is 4.59. The predicted molar refractivity (Wildman–Crippen MR) is 113 cm³/mol. The van der Waals surface area contributed by atoms with Crippen LogP contribution in [0.2, 0.25) is 0 Å². The number of piperazine rings is 1. The lowest BCUT2D eigenvalue weighted by molar-refractivity contribution is -0.153. The van der Waals surface area contributed by atoms with E-state index in [1.54, 1.807) is 4.90 Å². The molecule has 2 fully saturated rings. The number of imide groups is 1. The molecule has 0 bridgehead atoms. The van der Waals surface area contributed by atoms with E-state index in [0.717, 1.165) is 0 Å². The molecular weight excluding hydrogens is 406 g/mol. The zero-order chi connectivity index (χ0) is 22.1. The van der Waals surface area contributed by atoms with Gasteiger partial charge in [-0.1, -0.05) is 26.0 Å². The van der Waals surface area contributed by atoms with Gasteiger partial charge in [0, 0.05) is 39.0 Å². The Morgan fingerprint density at radius 3 is 2.03 bits per heavy atom. The summed E-state index contributed by atoms with van der Waals surface area (Å²) in [5, 5.41) is 0. The van der Waals surface area contributed by atoms with Crippen molar-refractivity contribution in [3.8, 4) is 0 Å². The van der Waals surface area contributed by atoms with Crippen molar-refractivity contribution in [2.45, 2.75) is 39.2 Å². The number of likely N-dealkylation sites (tertiary alicyclic amines) is 1. The first-order valence-electron chi connectivity index (χ1n) is 10.8. The highest BCUT2D eigenvalue weighted by atomic mass is 32.2. The van der Waals surface area contributed by atoms with Gasteiger partial charge in [-0.2, -0.15) is 0 Å². The fourth-order valence-corrected chi connectivity index (χ4v) is 5.18. The number of sulfone groups is 1. The van der Waals surface area contributed by atoms with Gasteiger partial charge in [0.2, 0.25) is 17.7 Å². The molecule has 3 atom stereocenters. The molecule has 0 aromatic rings. The van der Waals surface area contributed by atoms with E-state index in [1.165, 1.54) is 11.2 Å². The first-order valence-corrected chi connectivity index (χ1v) is 12.9. The van der Waals surface area contributed by atoms with Crippen LogP contribution in [0.25, 0.3) is 0 Å². The van der Waals surface area contributed by atoms with Crippen LogP contribution in [-0.2, 0) is 24.2 Å². The summed E-state index contributed by atoms with van der Waals surface area (Å²) in [5.41, 5.74) is 0. The summed E-state index contributed by atoms with van der Waals surface area (Å²) in [6, 6.07) is -0.752. The van der Waals surface area contributed by atoms with Crippen LogP contribution in [-0.4, -0.2) is 91.6 Å². The molecule has 0 aromatic heterocycles. The molecule has 3 unspecified atom stereocenters. The minimum atomic E-state index is -3.02. The van der Waals surface area contributed by atoms with Gasteiger partial charge in [0.1, 0.15) is 15.9 Å². The fraction of sp³-hybridized carbons (Fsp3) is 0.762. The average Bonchev–Trinajstić information content (AvgIpc) is 2.94. The Labute approximate surface area is 179 Å². The Bertz CT molecular complexity index is 788. The number of carbonyl (C=O) groups is 3. The molecule has 168 valence electrons. The first kappa shape index (κ1) is 22.9. The van der Waals surface area contributed by atoms with Crippen LogP contribution in [0.4, 0.5) is 0 Å². The molecule has 9 heteroatoms. The Morgan fingerprint density at radius 2 is 1.57 bits per heavy atom. The number of carbonyl (C=O) groups excluding carboxylic acids is 3. The van der Waals surface area contributed by atoms with E-state index in [9.17, 15) is 22.8 Å². The van der Waals surface area contributed by atoms with Gasteiger partial charge in [0.05, 0.1) is 17.6 Å². The third kappa shape index (κ3) is 5.11. The number of fused-ring (bicyclic) bond motifs is 1.